The Bertz CT molecular complexity index is 740. The number of aromatic hydroxyl groups is 1. The molecule has 1 aromatic carbocycles. The largest absolute Gasteiger partial charge is 0.508 e. The number of unbranched alkanes of at least 4 members (excludes halogenated alkanes) is 2. The molecular formula is C22H34N4O6. The van der Waals surface area contributed by atoms with E-state index in [4.69, 9.17) is 5.73 Å². The van der Waals surface area contributed by atoms with Crippen molar-refractivity contribution in [2.24, 2.45) is 5.73 Å². The SMILES string of the molecule is CCCC[C@H](NC=O)C(=O)N[C@@H](Cc1ccc(O)cc1)C(=O)N[C@@H](CCCCN)C(=O)O. The Morgan fingerprint density at radius 1 is 0.969 bits per heavy atom. The van der Waals surface area contributed by atoms with Crippen molar-refractivity contribution in [3.05, 3.63) is 29.8 Å². The van der Waals surface area contributed by atoms with E-state index < -0.39 is 35.9 Å². The zero-order chi connectivity index (χ0) is 23.9. The van der Waals surface area contributed by atoms with Gasteiger partial charge >= 0.3 is 5.97 Å². The molecular weight excluding hydrogens is 416 g/mol. The highest BCUT2D eigenvalue weighted by Gasteiger charge is 2.28. The van der Waals surface area contributed by atoms with E-state index in [9.17, 15) is 29.4 Å². The molecule has 0 unspecified atom stereocenters. The van der Waals surface area contributed by atoms with E-state index in [2.05, 4.69) is 16.0 Å². The summed E-state index contributed by atoms with van der Waals surface area (Å²) in [6.07, 6.45) is 3.83. The van der Waals surface area contributed by atoms with Gasteiger partial charge in [0.05, 0.1) is 0 Å². The number of hydrogen-bond acceptors (Lipinski definition) is 6. The van der Waals surface area contributed by atoms with Gasteiger partial charge in [0.15, 0.2) is 0 Å². The molecule has 3 amide bonds. The normalized spacial score (nSPS) is 13.4. The van der Waals surface area contributed by atoms with Gasteiger partial charge in [-0.3, -0.25) is 14.4 Å². The minimum atomic E-state index is -1.17. The van der Waals surface area contributed by atoms with Gasteiger partial charge in [0.1, 0.15) is 23.9 Å². The molecule has 0 aliphatic heterocycles. The number of hydrogen-bond donors (Lipinski definition) is 6. The van der Waals surface area contributed by atoms with Crippen molar-refractivity contribution in [2.45, 2.75) is 70.0 Å². The fraction of sp³-hybridized carbons (Fsp3) is 0.545. The summed E-state index contributed by atoms with van der Waals surface area (Å²) in [4.78, 5) is 48.2. The number of carbonyl (C=O) groups excluding carboxylic acids is 3. The first kappa shape index (κ1) is 26.9. The average molecular weight is 451 g/mol. The molecule has 0 aliphatic rings. The van der Waals surface area contributed by atoms with Gasteiger partial charge < -0.3 is 31.9 Å². The van der Waals surface area contributed by atoms with E-state index in [0.29, 0.717) is 44.2 Å². The van der Waals surface area contributed by atoms with E-state index >= 15 is 0 Å². The van der Waals surface area contributed by atoms with Crippen molar-refractivity contribution in [1.29, 1.82) is 0 Å². The van der Waals surface area contributed by atoms with Crippen LogP contribution in [0.2, 0.25) is 0 Å². The van der Waals surface area contributed by atoms with Gasteiger partial charge in [-0.1, -0.05) is 31.9 Å². The topological polar surface area (TPSA) is 171 Å². The zero-order valence-electron chi connectivity index (χ0n) is 18.4. The third-order valence-electron chi connectivity index (χ3n) is 5.00. The molecule has 10 heteroatoms. The minimum absolute atomic E-state index is 0.0550. The first-order valence-electron chi connectivity index (χ1n) is 10.8. The van der Waals surface area contributed by atoms with Crippen LogP contribution in [0.1, 0.15) is 51.0 Å². The standard InChI is InChI=1S/C22H34N4O6/c1-2-3-6-17(24-14-27)20(29)26-19(13-15-8-10-16(28)11-9-15)21(30)25-18(22(31)32)7-4-5-12-23/h8-11,14,17-19,28H,2-7,12-13,23H2,1H3,(H,24,27)(H,25,30)(H,26,29)(H,31,32)/t17-,18-,19-/m0/s1. The Balaban J connectivity index is 3.00. The molecule has 178 valence electrons. The Hall–Kier alpha value is -3.14. The summed E-state index contributed by atoms with van der Waals surface area (Å²) in [5.41, 5.74) is 6.11. The fourth-order valence-corrected chi connectivity index (χ4v) is 3.15. The molecule has 0 radical (unpaired) electrons. The Morgan fingerprint density at radius 2 is 1.56 bits per heavy atom. The van der Waals surface area contributed by atoms with Crippen LogP contribution in [-0.4, -0.2) is 59.1 Å². The first-order valence-corrected chi connectivity index (χ1v) is 10.8. The third-order valence-corrected chi connectivity index (χ3v) is 5.00. The monoisotopic (exact) mass is 450 g/mol. The second kappa shape index (κ2) is 14.8. The molecule has 0 aromatic heterocycles. The zero-order valence-corrected chi connectivity index (χ0v) is 18.4. The summed E-state index contributed by atoms with van der Waals surface area (Å²) < 4.78 is 0. The van der Waals surface area contributed by atoms with Crippen LogP contribution in [0.15, 0.2) is 24.3 Å². The molecule has 0 heterocycles. The van der Waals surface area contributed by atoms with Crippen molar-refractivity contribution in [1.82, 2.24) is 16.0 Å². The van der Waals surface area contributed by atoms with E-state index in [1.807, 2.05) is 6.92 Å². The summed E-state index contributed by atoms with van der Waals surface area (Å²) in [6, 6.07) is 3.14. The number of carboxylic acid groups (broad SMARTS) is 1. The number of carbonyl (C=O) groups is 4. The summed E-state index contributed by atoms with van der Waals surface area (Å²) in [7, 11) is 0. The molecule has 0 aliphatic carbocycles. The van der Waals surface area contributed by atoms with Crippen LogP contribution in [0.5, 0.6) is 5.75 Å². The molecule has 0 bridgehead atoms. The predicted octanol–water partition coefficient (Wildman–Crippen LogP) is 0.423. The lowest BCUT2D eigenvalue weighted by molar-refractivity contribution is -0.142. The molecule has 32 heavy (non-hydrogen) atoms. The number of amides is 3. The molecule has 0 saturated carbocycles. The number of benzene rings is 1. The van der Waals surface area contributed by atoms with E-state index in [1.54, 1.807) is 12.1 Å². The quantitative estimate of drug-likeness (QED) is 0.156. The maximum absolute atomic E-state index is 12.9. The van der Waals surface area contributed by atoms with Crippen molar-refractivity contribution in [2.75, 3.05) is 6.54 Å². The lowest BCUT2D eigenvalue weighted by Gasteiger charge is -2.24. The molecule has 3 atom stereocenters. The molecule has 7 N–H and O–H groups in total. The van der Waals surface area contributed by atoms with Gasteiger partial charge in [0.25, 0.3) is 0 Å². The molecule has 1 rings (SSSR count). The summed E-state index contributed by atoms with van der Waals surface area (Å²) >= 11 is 0. The number of rotatable bonds is 16. The fourth-order valence-electron chi connectivity index (χ4n) is 3.15. The predicted molar refractivity (Wildman–Crippen MR) is 119 cm³/mol. The third kappa shape index (κ3) is 9.78. The molecule has 10 nitrogen and oxygen atoms in total. The Labute approximate surface area is 187 Å². The lowest BCUT2D eigenvalue weighted by atomic mass is 10.0. The van der Waals surface area contributed by atoms with Crippen LogP contribution in [0.25, 0.3) is 0 Å². The second-order valence-corrected chi connectivity index (χ2v) is 7.59. The van der Waals surface area contributed by atoms with Crippen LogP contribution >= 0.6 is 0 Å². The maximum Gasteiger partial charge on any atom is 0.326 e. The van der Waals surface area contributed by atoms with Crippen molar-refractivity contribution in [3.63, 3.8) is 0 Å². The summed E-state index contributed by atoms with van der Waals surface area (Å²) in [5, 5.41) is 26.5. The van der Waals surface area contributed by atoms with Gasteiger partial charge in [-0.25, -0.2) is 4.79 Å². The van der Waals surface area contributed by atoms with Gasteiger partial charge in [-0.2, -0.15) is 0 Å². The average Bonchev–Trinajstić information content (AvgIpc) is 2.76. The highest BCUT2D eigenvalue weighted by molar-refractivity contribution is 5.92. The van der Waals surface area contributed by atoms with Gasteiger partial charge in [0, 0.05) is 6.42 Å². The Kier molecular flexibility index (Phi) is 12.4. The van der Waals surface area contributed by atoms with E-state index in [0.717, 1.165) is 6.42 Å². The molecule has 0 spiro atoms. The first-order chi connectivity index (χ1) is 15.3. The van der Waals surface area contributed by atoms with Crippen LogP contribution < -0.4 is 21.7 Å². The smallest absolute Gasteiger partial charge is 0.326 e. The van der Waals surface area contributed by atoms with Crippen LogP contribution in [-0.2, 0) is 25.6 Å². The minimum Gasteiger partial charge on any atom is -0.508 e. The number of carboxylic acids is 1. The van der Waals surface area contributed by atoms with Crippen LogP contribution in [0.3, 0.4) is 0 Å². The van der Waals surface area contributed by atoms with Gasteiger partial charge in [-0.15, -0.1) is 0 Å². The van der Waals surface area contributed by atoms with Crippen molar-refractivity contribution in [3.8, 4) is 5.75 Å². The number of nitrogens with one attached hydrogen (secondary N) is 3. The van der Waals surface area contributed by atoms with Crippen LogP contribution in [0.4, 0.5) is 0 Å². The molecule has 1 aromatic rings. The summed E-state index contributed by atoms with van der Waals surface area (Å²) in [5.74, 6) is -2.29. The number of phenols is 1. The summed E-state index contributed by atoms with van der Waals surface area (Å²) in [6.45, 7) is 2.37. The number of aliphatic carboxylic acids is 1. The van der Waals surface area contributed by atoms with E-state index in [-0.39, 0.29) is 18.6 Å². The van der Waals surface area contributed by atoms with Crippen molar-refractivity contribution < 1.29 is 29.4 Å². The molecule has 0 saturated heterocycles. The van der Waals surface area contributed by atoms with E-state index in [1.165, 1.54) is 12.1 Å². The lowest BCUT2D eigenvalue weighted by Crippen LogP contribution is -2.55. The second-order valence-electron chi connectivity index (χ2n) is 7.59. The number of phenolic OH excluding ortho intramolecular Hbond substituents is 1. The van der Waals surface area contributed by atoms with Gasteiger partial charge in [-0.05, 0) is 49.9 Å². The number of nitrogens with two attached hydrogens (primary N) is 1. The Morgan fingerprint density at radius 3 is 2.12 bits per heavy atom. The highest BCUT2D eigenvalue weighted by Crippen LogP contribution is 2.12. The highest BCUT2D eigenvalue weighted by atomic mass is 16.4. The van der Waals surface area contributed by atoms with Crippen LogP contribution in [0, 0.1) is 0 Å². The maximum atomic E-state index is 12.9. The molecule has 0 fully saturated rings. The van der Waals surface area contributed by atoms with Gasteiger partial charge in [0.2, 0.25) is 18.2 Å². The van der Waals surface area contributed by atoms with Crippen molar-refractivity contribution >= 4 is 24.2 Å².